The third kappa shape index (κ3) is 15.4. The van der Waals surface area contributed by atoms with Crippen molar-refractivity contribution < 1.29 is 9.59 Å². The first kappa shape index (κ1) is 30.5. The van der Waals surface area contributed by atoms with E-state index in [1.54, 1.807) is 0 Å². The summed E-state index contributed by atoms with van der Waals surface area (Å²) in [6.07, 6.45) is 3.98. The van der Waals surface area contributed by atoms with Crippen molar-refractivity contribution >= 4 is 12.1 Å². The van der Waals surface area contributed by atoms with E-state index in [4.69, 9.17) is 0 Å². The van der Waals surface area contributed by atoms with Gasteiger partial charge in [0.25, 0.3) is 0 Å². The number of hydrogen-bond acceptors (Lipinski definition) is 8. The Balaban J connectivity index is 1.51. The SMILES string of the molecule is O=C(NCCCCCCNC(=O)N1CCNCCNCCNCC1)N1CCNCCNCCNCC1. The van der Waals surface area contributed by atoms with E-state index >= 15 is 0 Å². The van der Waals surface area contributed by atoms with Crippen LogP contribution in [0.25, 0.3) is 0 Å². The van der Waals surface area contributed by atoms with Crippen molar-refractivity contribution in [3.05, 3.63) is 0 Å². The van der Waals surface area contributed by atoms with E-state index in [0.717, 1.165) is 104 Å². The van der Waals surface area contributed by atoms with Crippen LogP contribution in [0.4, 0.5) is 9.59 Å². The molecule has 12 heteroatoms. The molecule has 0 aromatic heterocycles. The third-order valence-electron chi connectivity index (χ3n) is 6.38. The van der Waals surface area contributed by atoms with E-state index in [-0.39, 0.29) is 12.1 Å². The lowest BCUT2D eigenvalue weighted by Gasteiger charge is -2.24. The monoisotopic (exact) mass is 512 g/mol. The highest BCUT2D eigenvalue weighted by Gasteiger charge is 2.13. The maximum Gasteiger partial charge on any atom is 0.317 e. The van der Waals surface area contributed by atoms with Gasteiger partial charge in [-0.3, -0.25) is 0 Å². The Bertz CT molecular complexity index is 497. The molecule has 0 saturated carbocycles. The summed E-state index contributed by atoms with van der Waals surface area (Å²) in [5, 5.41) is 26.4. The first-order valence-electron chi connectivity index (χ1n) is 14.1. The Morgan fingerprint density at radius 3 is 1.03 bits per heavy atom. The van der Waals surface area contributed by atoms with Gasteiger partial charge in [-0.1, -0.05) is 12.8 Å². The zero-order valence-electron chi connectivity index (χ0n) is 22.3. The summed E-state index contributed by atoms with van der Waals surface area (Å²) in [7, 11) is 0. The summed E-state index contributed by atoms with van der Waals surface area (Å²) >= 11 is 0. The number of carbonyl (C=O) groups excluding carboxylic acids is 2. The lowest BCUT2D eigenvalue weighted by molar-refractivity contribution is 0.196. The predicted molar refractivity (Wildman–Crippen MR) is 146 cm³/mol. The molecule has 2 heterocycles. The Hall–Kier alpha value is -1.70. The Labute approximate surface area is 217 Å². The van der Waals surface area contributed by atoms with Crippen molar-refractivity contribution in [2.45, 2.75) is 25.7 Å². The molecule has 0 aliphatic carbocycles. The van der Waals surface area contributed by atoms with Gasteiger partial charge in [-0.2, -0.15) is 0 Å². The molecule has 210 valence electrons. The fraction of sp³-hybridized carbons (Fsp3) is 0.917. The maximum atomic E-state index is 12.6. The van der Waals surface area contributed by atoms with Gasteiger partial charge in [0.15, 0.2) is 0 Å². The van der Waals surface area contributed by atoms with E-state index in [0.29, 0.717) is 39.3 Å². The molecule has 0 spiro atoms. The molecule has 0 radical (unpaired) electrons. The Morgan fingerprint density at radius 1 is 0.444 bits per heavy atom. The van der Waals surface area contributed by atoms with Gasteiger partial charge in [0.05, 0.1) is 0 Å². The minimum atomic E-state index is 0.0207. The molecule has 2 aliphatic heterocycles. The lowest BCUT2D eigenvalue weighted by Crippen LogP contribution is -2.47. The molecule has 36 heavy (non-hydrogen) atoms. The number of urea groups is 2. The highest BCUT2D eigenvalue weighted by Crippen LogP contribution is 1.99. The number of amides is 4. The van der Waals surface area contributed by atoms with Crippen LogP contribution >= 0.6 is 0 Å². The van der Waals surface area contributed by atoms with Crippen LogP contribution in [0.3, 0.4) is 0 Å². The molecule has 2 saturated heterocycles. The van der Waals surface area contributed by atoms with Crippen LogP contribution < -0.4 is 42.5 Å². The van der Waals surface area contributed by atoms with Crippen LogP contribution in [0.5, 0.6) is 0 Å². The van der Waals surface area contributed by atoms with E-state index in [1.165, 1.54) is 0 Å². The normalized spacial score (nSPS) is 20.2. The van der Waals surface area contributed by atoms with Crippen LogP contribution in [0.2, 0.25) is 0 Å². The second-order valence-electron chi connectivity index (χ2n) is 9.35. The molecule has 0 bridgehead atoms. The highest BCUT2D eigenvalue weighted by atomic mass is 16.2. The van der Waals surface area contributed by atoms with Crippen molar-refractivity contribution in [3.63, 3.8) is 0 Å². The fourth-order valence-electron chi connectivity index (χ4n) is 4.16. The van der Waals surface area contributed by atoms with Crippen LogP contribution in [0, 0.1) is 0 Å². The van der Waals surface area contributed by atoms with Crippen molar-refractivity contribution in [2.75, 3.05) is 118 Å². The smallest absolute Gasteiger partial charge is 0.317 e. The average molecular weight is 513 g/mol. The minimum Gasteiger partial charge on any atom is -0.338 e. The standard InChI is InChI=1S/C24H52N10O2/c35-23(33-19-15-27-11-7-25-8-12-28-16-20-33)31-5-3-1-2-4-6-32-24(36)34-21-17-29-13-9-26-10-14-30-18-22-34/h25-30H,1-22H2,(H,31,35)(H,32,36). The van der Waals surface area contributed by atoms with Crippen LogP contribution in [0.15, 0.2) is 0 Å². The van der Waals surface area contributed by atoms with Crippen molar-refractivity contribution in [1.82, 2.24) is 52.3 Å². The molecular formula is C24H52N10O2. The number of nitrogens with zero attached hydrogens (tertiary/aromatic N) is 2. The molecule has 2 fully saturated rings. The summed E-state index contributed by atoms with van der Waals surface area (Å²) in [4.78, 5) is 28.9. The summed E-state index contributed by atoms with van der Waals surface area (Å²) in [6, 6.07) is 0.0414. The summed E-state index contributed by atoms with van der Waals surface area (Å²) < 4.78 is 0. The molecule has 2 aliphatic rings. The van der Waals surface area contributed by atoms with Gasteiger partial charge in [-0.05, 0) is 12.8 Å². The van der Waals surface area contributed by atoms with Gasteiger partial charge in [0, 0.05) is 118 Å². The largest absolute Gasteiger partial charge is 0.338 e. The quantitative estimate of drug-likeness (QED) is 0.186. The van der Waals surface area contributed by atoms with Crippen molar-refractivity contribution in [2.24, 2.45) is 0 Å². The Morgan fingerprint density at radius 2 is 0.722 bits per heavy atom. The number of nitrogens with one attached hydrogen (secondary N) is 8. The molecule has 0 atom stereocenters. The van der Waals surface area contributed by atoms with Crippen LogP contribution in [-0.2, 0) is 0 Å². The predicted octanol–water partition coefficient (Wildman–Crippen LogP) is -1.87. The number of unbranched alkanes of at least 4 members (excludes halogenated alkanes) is 3. The highest BCUT2D eigenvalue weighted by molar-refractivity contribution is 5.74. The number of rotatable bonds is 7. The molecule has 0 aromatic carbocycles. The van der Waals surface area contributed by atoms with Gasteiger partial charge < -0.3 is 52.3 Å². The first-order valence-corrected chi connectivity index (χ1v) is 14.1. The second-order valence-corrected chi connectivity index (χ2v) is 9.35. The number of carbonyl (C=O) groups is 2. The summed E-state index contributed by atoms with van der Waals surface area (Å²) in [5.74, 6) is 0. The van der Waals surface area contributed by atoms with E-state index < -0.39 is 0 Å². The van der Waals surface area contributed by atoms with Gasteiger partial charge in [-0.25, -0.2) is 9.59 Å². The fourth-order valence-corrected chi connectivity index (χ4v) is 4.16. The molecule has 2 rings (SSSR count). The van der Waals surface area contributed by atoms with E-state index in [2.05, 4.69) is 42.5 Å². The molecule has 12 nitrogen and oxygen atoms in total. The van der Waals surface area contributed by atoms with Gasteiger partial charge in [-0.15, -0.1) is 0 Å². The van der Waals surface area contributed by atoms with Crippen LogP contribution in [0.1, 0.15) is 25.7 Å². The van der Waals surface area contributed by atoms with Crippen LogP contribution in [-0.4, -0.2) is 140 Å². The zero-order chi connectivity index (χ0) is 25.5. The average Bonchev–Trinajstić information content (AvgIpc) is 2.86. The van der Waals surface area contributed by atoms with Gasteiger partial charge >= 0.3 is 12.1 Å². The molecule has 4 amide bonds. The maximum absolute atomic E-state index is 12.6. The number of hydrogen-bond donors (Lipinski definition) is 8. The van der Waals surface area contributed by atoms with Gasteiger partial charge in [0.1, 0.15) is 0 Å². The molecule has 8 N–H and O–H groups in total. The molecule has 0 aromatic rings. The van der Waals surface area contributed by atoms with Crippen molar-refractivity contribution in [1.29, 1.82) is 0 Å². The summed E-state index contributed by atoms with van der Waals surface area (Å²) in [5.41, 5.74) is 0. The van der Waals surface area contributed by atoms with E-state index in [9.17, 15) is 9.59 Å². The summed E-state index contributed by atoms with van der Waals surface area (Å²) in [6.45, 7) is 14.9. The molecular weight excluding hydrogens is 460 g/mol. The molecule has 0 unspecified atom stereocenters. The topological polar surface area (TPSA) is 137 Å². The van der Waals surface area contributed by atoms with Crippen molar-refractivity contribution in [3.8, 4) is 0 Å². The third-order valence-corrected chi connectivity index (χ3v) is 6.38. The lowest BCUT2D eigenvalue weighted by atomic mass is 10.2. The Kier molecular flexibility index (Phi) is 18.1. The van der Waals surface area contributed by atoms with Gasteiger partial charge in [0.2, 0.25) is 0 Å². The second kappa shape index (κ2) is 21.4. The first-order chi connectivity index (χ1) is 17.8. The zero-order valence-corrected chi connectivity index (χ0v) is 22.3. The minimum absolute atomic E-state index is 0.0207. The van der Waals surface area contributed by atoms with E-state index in [1.807, 2.05) is 9.80 Å².